The molecule has 0 spiro atoms. The van der Waals surface area contributed by atoms with Gasteiger partial charge in [-0.1, -0.05) is 0 Å². The predicted molar refractivity (Wildman–Crippen MR) is 59.9 cm³/mol. The van der Waals surface area contributed by atoms with Crippen molar-refractivity contribution < 1.29 is 9.84 Å². The van der Waals surface area contributed by atoms with Crippen molar-refractivity contribution in [2.24, 2.45) is 0 Å². The van der Waals surface area contributed by atoms with E-state index in [0.717, 1.165) is 12.4 Å². The number of hydrogen-bond acceptors (Lipinski definition) is 5. The molecule has 0 fully saturated rings. The Balaban J connectivity index is 2.41. The van der Waals surface area contributed by atoms with Gasteiger partial charge in [0.2, 0.25) is 0 Å². The summed E-state index contributed by atoms with van der Waals surface area (Å²) in [5.74, 6) is 0.904. The molecule has 0 aromatic carbocycles. The van der Waals surface area contributed by atoms with Crippen molar-refractivity contribution in [2.75, 3.05) is 20.3 Å². The molecule has 1 atom stereocenters. The molecule has 0 bridgehead atoms. The van der Waals surface area contributed by atoms with Gasteiger partial charge in [0.15, 0.2) is 0 Å². The minimum Gasteiger partial charge on any atom is -0.396 e. The van der Waals surface area contributed by atoms with Crippen molar-refractivity contribution in [3.63, 3.8) is 0 Å². The minimum absolute atomic E-state index is 0.150. The molecule has 1 aromatic rings. The van der Waals surface area contributed by atoms with Gasteiger partial charge in [0.1, 0.15) is 12.2 Å². The highest BCUT2D eigenvalue weighted by Crippen LogP contribution is 1.97. The third kappa shape index (κ3) is 3.88. The predicted octanol–water partition coefficient (Wildman–Crippen LogP) is -0.215. The lowest BCUT2D eigenvalue weighted by atomic mass is 10.2. The molecule has 6 heteroatoms. The zero-order valence-corrected chi connectivity index (χ0v) is 9.89. The second-order valence-electron chi connectivity index (χ2n) is 3.54. The molecule has 0 saturated heterocycles. The summed E-state index contributed by atoms with van der Waals surface area (Å²) in [6.07, 6.45) is 2.23. The molecule has 1 heterocycles. The van der Waals surface area contributed by atoms with Crippen LogP contribution in [0.3, 0.4) is 0 Å². The number of rotatable bonds is 8. The summed E-state index contributed by atoms with van der Waals surface area (Å²) >= 11 is 0. The fraction of sp³-hybridized carbons (Fsp3) is 0.800. The maximum Gasteiger partial charge on any atom is 0.140 e. The average molecular weight is 228 g/mol. The Morgan fingerprint density at radius 2 is 2.44 bits per heavy atom. The highest BCUT2D eigenvalue weighted by Gasteiger charge is 2.09. The molecule has 1 aromatic heterocycles. The second kappa shape index (κ2) is 7.32. The quantitative estimate of drug-likeness (QED) is 0.644. The van der Waals surface area contributed by atoms with Gasteiger partial charge in [-0.2, -0.15) is 5.10 Å². The summed E-state index contributed by atoms with van der Waals surface area (Å²) in [6, 6.07) is 0.150. The van der Waals surface area contributed by atoms with Crippen LogP contribution in [0.4, 0.5) is 0 Å². The second-order valence-corrected chi connectivity index (χ2v) is 3.54. The highest BCUT2D eigenvalue weighted by atomic mass is 16.5. The van der Waals surface area contributed by atoms with Gasteiger partial charge in [0.05, 0.1) is 13.2 Å². The standard InChI is InChI=1S/C10H20N4O2/c1-3-14-10(12-8-13-14)6-11-9(4-5-15)7-16-2/h8-9,11,15H,3-7H2,1-2H3. The number of aliphatic hydroxyl groups is 1. The largest absolute Gasteiger partial charge is 0.396 e. The van der Waals surface area contributed by atoms with E-state index in [2.05, 4.69) is 15.4 Å². The topological polar surface area (TPSA) is 72.2 Å². The molecule has 1 rings (SSSR count). The average Bonchev–Trinajstić information content (AvgIpc) is 2.74. The Morgan fingerprint density at radius 3 is 3.06 bits per heavy atom. The molecular weight excluding hydrogens is 208 g/mol. The van der Waals surface area contributed by atoms with Crippen molar-refractivity contribution in [2.45, 2.75) is 32.5 Å². The maximum absolute atomic E-state index is 8.89. The molecule has 0 radical (unpaired) electrons. The number of methoxy groups -OCH3 is 1. The van der Waals surface area contributed by atoms with E-state index in [4.69, 9.17) is 9.84 Å². The number of hydrogen-bond donors (Lipinski definition) is 2. The molecule has 92 valence electrons. The van der Waals surface area contributed by atoms with Gasteiger partial charge in [0.25, 0.3) is 0 Å². The molecular formula is C10H20N4O2. The van der Waals surface area contributed by atoms with Crippen LogP contribution in [0.25, 0.3) is 0 Å². The summed E-state index contributed by atoms with van der Waals surface area (Å²) in [7, 11) is 1.65. The van der Waals surface area contributed by atoms with Crippen molar-refractivity contribution in [1.82, 2.24) is 20.1 Å². The zero-order chi connectivity index (χ0) is 11.8. The summed E-state index contributed by atoms with van der Waals surface area (Å²) < 4.78 is 6.91. The van der Waals surface area contributed by atoms with E-state index in [1.54, 1.807) is 13.4 Å². The molecule has 2 N–H and O–H groups in total. The Hall–Kier alpha value is -0.980. The van der Waals surface area contributed by atoms with E-state index in [0.29, 0.717) is 19.6 Å². The molecule has 0 aliphatic rings. The Bertz CT molecular complexity index is 284. The van der Waals surface area contributed by atoms with E-state index in [1.807, 2.05) is 11.6 Å². The third-order valence-corrected chi connectivity index (χ3v) is 2.39. The van der Waals surface area contributed by atoms with Crippen LogP contribution in [-0.4, -0.2) is 46.2 Å². The Morgan fingerprint density at radius 1 is 1.62 bits per heavy atom. The number of nitrogens with one attached hydrogen (secondary N) is 1. The third-order valence-electron chi connectivity index (χ3n) is 2.39. The Kier molecular flexibility index (Phi) is 5.99. The molecule has 0 amide bonds. The van der Waals surface area contributed by atoms with Crippen LogP contribution in [-0.2, 0) is 17.8 Å². The van der Waals surface area contributed by atoms with E-state index >= 15 is 0 Å². The lowest BCUT2D eigenvalue weighted by molar-refractivity contribution is 0.147. The van der Waals surface area contributed by atoms with Crippen LogP contribution in [0.2, 0.25) is 0 Å². The zero-order valence-electron chi connectivity index (χ0n) is 9.89. The van der Waals surface area contributed by atoms with Gasteiger partial charge in [-0.05, 0) is 13.3 Å². The minimum atomic E-state index is 0.150. The first-order valence-corrected chi connectivity index (χ1v) is 5.51. The fourth-order valence-electron chi connectivity index (χ4n) is 1.53. The van der Waals surface area contributed by atoms with Gasteiger partial charge < -0.3 is 15.2 Å². The van der Waals surface area contributed by atoms with Crippen molar-refractivity contribution in [3.8, 4) is 0 Å². The van der Waals surface area contributed by atoms with E-state index in [-0.39, 0.29) is 12.6 Å². The number of aromatic nitrogens is 3. The first-order chi connectivity index (χ1) is 7.81. The SMILES string of the molecule is CCn1ncnc1CNC(CCO)COC. The van der Waals surface area contributed by atoms with Crippen molar-refractivity contribution in [1.29, 1.82) is 0 Å². The van der Waals surface area contributed by atoms with E-state index < -0.39 is 0 Å². The van der Waals surface area contributed by atoms with Crippen LogP contribution in [0, 0.1) is 0 Å². The van der Waals surface area contributed by atoms with Crippen molar-refractivity contribution in [3.05, 3.63) is 12.2 Å². The summed E-state index contributed by atoms with van der Waals surface area (Å²) in [4.78, 5) is 4.17. The van der Waals surface area contributed by atoms with Crippen LogP contribution in [0.1, 0.15) is 19.2 Å². The van der Waals surface area contributed by atoms with E-state index in [1.165, 1.54) is 0 Å². The van der Waals surface area contributed by atoms with Gasteiger partial charge in [0, 0.05) is 26.3 Å². The number of aryl methyl sites for hydroxylation is 1. The molecule has 0 saturated carbocycles. The molecule has 16 heavy (non-hydrogen) atoms. The normalized spacial score (nSPS) is 12.9. The molecule has 0 aliphatic heterocycles. The summed E-state index contributed by atoms with van der Waals surface area (Å²) in [5.41, 5.74) is 0. The molecule has 0 aliphatic carbocycles. The van der Waals surface area contributed by atoms with Crippen LogP contribution in [0.5, 0.6) is 0 Å². The van der Waals surface area contributed by atoms with Crippen LogP contribution >= 0.6 is 0 Å². The van der Waals surface area contributed by atoms with E-state index in [9.17, 15) is 0 Å². The molecule has 6 nitrogen and oxygen atoms in total. The maximum atomic E-state index is 8.89. The van der Waals surface area contributed by atoms with Crippen LogP contribution in [0.15, 0.2) is 6.33 Å². The number of aliphatic hydroxyl groups excluding tert-OH is 1. The first-order valence-electron chi connectivity index (χ1n) is 5.51. The van der Waals surface area contributed by atoms with Gasteiger partial charge >= 0.3 is 0 Å². The lowest BCUT2D eigenvalue weighted by Gasteiger charge is -2.16. The van der Waals surface area contributed by atoms with Gasteiger partial charge in [-0.25, -0.2) is 9.67 Å². The van der Waals surface area contributed by atoms with Gasteiger partial charge in [-0.3, -0.25) is 0 Å². The Labute approximate surface area is 95.6 Å². The van der Waals surface area contributed by atoms with Gasteiger partial charge in [-0.15, -0.1) is 0 Å². The number of nitrogens with zero attached hydrogens (tertiary/aromatic N) is 3. The van der Waals surface area contributed by atoms with Crippen molar-refractivity contribution >= 4 is 0 Å². The monoisotopic (exact) mass is 228 g/mol. The number of ether oxygens (including phenoxy) is 1. The smallest absolute Gasteiger partial charge is 0.140 e. The lowest BCUT2D eigenvalue weighted by Crippen LogP contribution is -2.34. The summed E-state index contributed by atoms with van der Waals surface area (Å²) in [6.45, 7) is 4.22. The fourth-order valence-corrected chi connectivity index (χ4v) is 1.53. The highest BCUT2D eigenvalue weighted by molar-refractivity contribution is 4.84. The first kappa shape index (κ1) is 13.1. The molecule has 1 unspecified atom stereocenters. The summed E-state index contributed by atoms with van der Waals surface area (Å²) in [5, 5.41) is 16.3. The van der Waals surface area contributed by atoms with Crippen LogP contribution < -0.4 is 5.32 Å².